The molecule has 2 saturated heterocycles. The largest absolute Gasteiger partial charge is 0.322 e. The highest BCUT2D eigenvalue weighted by Crippen LogP contribution is 2.32. The molecule has 3 aromatic rings. The summed E-state index contributed by atoms with van der Waals surface area (Å²) in [5.41, 5.74) is 6.46. The van der Waals surface area contributed by atoms with Crippen molar-refractivity contribution >= 4 is 29.3 Å². The van der Waals surface area contributed by atoms with Gasteiger partial charge in [0.25, 0.3) is 5.91 Å². The zero-order valence-electron chi connectivity index (χ0n) is 23.5. The number of nitrogens with zero attached hydrogens (tertiary/aromatic N) is 3. The molecule has 212 valence electrons. The summed E-state index contributed by atoms with van der Waals surface area (Å²) in [6.07, 6.45) is 0.636. The zero-order valence-corrected chi connectivity index (χ0v) is 24.3. The molecule has 0 aliphatic carbocycles. The van der Waals surface area contributed by atoms with Gasteiger partial charge in [0.1, 0.15) is 6.04 Å². The smallest absolute Gasteiger partial charge is 0.255 e. The molecule has 41 heavy (non-hydrogen) atoms. The lowest BCUT2D eigenvalue weighted by Gasteiger charge is -2.47. The Balaban J connectivity index is 1.11. The van der Waals surface area contributed by atoms with Gasteiger partial charge in [-0.15, -0.1) is 0 Å². The van der Waals surface area contributed by atoms with Crippen LogP contribution in [0.2, 0.25) is 5.02 Å². The Morgan fingerprint density at radius 1 is 0.927 bits per heavy atom. The van der Waals surface area contributed by atoms with Crippen molar-refractivity contribution in [3.8, 4) is 11.1 Å². The van der Waals surface area contributed by atoms with Crippen LogP contribution in [0, 0.1) is 0 Å². The molecule has 0 bridgehead atoms. The van der Waals surface area contributed by atoms with E-state index in [1.165, 1.54) is 22.3 Å². The van der Waals surface area contributed by atoms with Crippen LogP contribution in [0.3, 0.4) is 0 Å². The van der Waals surface area contributed by atoms with E-state index in [-0.39, 0.29) is 29.7 Å². The van der Waals surface area contributed by atoms with Crippen LogP contribution in [0.25, 0.3) is 11.1 Å². The Kier molecular flexibility index (Phi) is 7.45. The van der Waals surface area contributed by atoms with Crippen LogP contribution in [-0.2, 0) is 29.2 Å². The maximum Gasteiger partial charge on any atom is 0.255 e. The fourth-order valence-electron chi connectivity index (χ4n) is 6.48. The number of carbonyl (C=O) groups is 3. The van der Waals surface area contributed by atoms with Gasteiger partial charge in [-0.05, 0) is 66.3 Å². The number of rotatable bonds is 6. The lowest BCUT2D eigenvalue weighted by molar-refractivity contribution is -0.136. The number of nitrogens with one attached hydrogen (secondary N) is 1. The lowest BCUT2D eigenvalue weighted by atomic mass is 9.94. The molecule has 1 unspecified atom stereocenters. The third-order valence-corrected chi connectivity index (χ3v) is 8.93. The van der Waals surface area contributed by atoms with Crippen LogP contribution >= 0.6 is 11.6 Å². The monoisotopic (exact) mass is 570 g/mol. The average Bonchev–Trinajstić information content (AvgIpc) is 3.26. The standard InChI is InChI=1S/C33H35ClN4O3/c1-33(2)21-36(15-16-37(33)19-24-5-3-4-6-27(24)23-8-10-26(34)11-9-23)18-22-7-12-28-25(17-22)20-38(32(28)41)29-13-14-30(39)35-31(29)40/h3-12,17,29H,13-16,18-21H2,1-2H3,(H,35,39,40). The van der Waals surface area contributed by atoms with Crippen LogP contribution in [0.15, 0.2) is 66.7 Å². The molecule has 3 aromatic carbocycles. The number of piperidine rings is 1. The van der Waals surface area contributed by atoms with Crippen LogP contribution in [0.5, 0.6) is 0 Å². The van der Waals surface area contributed by atoms with Gasteiger partial charge in [0.05, 0.1) is 0 Å². The van der Waals surface area contributed by atoms with Crippen molar-refractivity contribution < 1.29 is 14.4 Å². The zero-order chi connectivity index (χ0) is 28.7. The van der Waals surface area contributed by atoms with Crippen molar-refractivity contribution in [2.45, 2.75) is 57.9 Å². The number of piperazine rings is 1. The second-order valence-corrected chi connectivity index (χ2v) is 12.4. The first kappa shape index (κ1) is 27.6. The molecule has 1 atom stereocenters. The fourth-order valence-corrected chi connectivity index (χ4v) is 6.60. The van der Waals surface area contributed by atoms with E-state index in [0.29, 0.717) is 18.5 Å². The van der Waals surface area contributed by atoms with Crippen molar-refractivity contribution in [3.63, 3.8) is 0 Å². The summed E-state index contributed by atoms with van der Waals surface area (Å²) in [7, 11) is 0. The topological polar surface area (TPSA) is 73.0 Å². The minimum Gasteiger partial charge on any atom is -0.322 e. The van der Waals surface area contributed by atoms with Gasteiger partial charge >= 0.3 is 0 Å². The normalized spacial score (nSPS) is 21.2. The number of fused-ring (bicyclic) bond motifs is 1. The minimum atomic E-state index is -0.588. The second kappa shape index (κ2) is 11.0. The lowest BCUT2D eigenvalue weighted by Crippen LogP contribution is -2.58. The van der Waals surface area contributed by atoms with E-state index in [9.17, 15) is 14.4 Å². The number of hydrogen-bond acceptors (Lipinski definition) is 5. The Bertz CT molecular complexity index is 1500. The third-order valence-electron chi connectivity index (χ3n) is 8.68. The third kappa shape index (κ3) is 5.67. The van der Waals surface area contributed by atoms with Gasteiger partial charge in [-0.25, -0.2) is 0 Å². The van der Waals surface area contributed by atoms with Crippen molar-refractivity contribution in [3.05, 3.63) is 94.0 Å². The van der Waals surface area contributed by atoms with Crippen molar-refractivity contribution in [2.75, 3.05) is 19.6 Å². The first-order chi connectivity index (χ1) is 19.7. The molecule has 3 aliphatic heterocycles. The van der Waals surface area contributed by atoms with Crippen molar-refractivity contribution in [2.24, 2.45) is 0 Å². The molecule has 1 N–H and O–H groups in total. The average molecular weight is 571 g/mol. The highest BCUT2D eigenvalue weighted by Gasteiger charge is 2.39. The van der Waals surface area contributed by atoms with E-state index in [1.54, 1.807) is 4.90 Å². The maximum atomic E-state index is 13.1. The number of amides is 3. The predicted octanol–water partition coefficient (Wildman–Crippen LogP) is 4.86. The Morgan fingerprint density at radius 2 is 1.71 bits per heavy atom. The van der Waals surface area contributed by atoms with Gasteiger partial charge in [-0.2, -0.15) is 0 Å². The molecule has 8 heteroatoms. The van der Waals surface area contributed by atoms with Gasteiger partial charge < -0.3 is 4.90 Å². The van der Waals surface area contributed by atoms with Gasteiger partial charge in [0.2, 0.25) is 11.8 Å². The van der Waals surface area contributed by atoms with E-state index in [4.69, 9.17) is 11.6 Å². The summed E-state index contributed by atoms with van der Waals surface area (Å²) in [6.45, 7) is 9.52. The highest BCUT2D eigenvalue weighted by atomic mass is 35.5. The summed E-state index contributed by atoms with van der Waals surface area (Å²) in [5, 5.41) is 3.11. The Hall–Kier alpha value is -3.52. The summed E-state index contributed by atoms with van der Waals surface area (Å²) >= 11 is 6.13. The maximum absolute atomic E-state index is 13.1. The fraction of sp³-hybridized carbons (Fsp3) is 0.364. The molecular weight excluding hydrogens is 536 g/mol. The molecule has 0 saturated carbocycles. The summed E-state index contributed by atoms with van der Waals surface area (Å²) in [4.78, 5) is 43.7. The summed E-state index contributed by atoms with van der Waals surface area (Å²) < 4.78 is 0. The summed E-state index contributed by atoms with van der Waals surface area (Å²) in [6, 6.07) is 22.1. The number of halogens is 1. The van der Waals surface area contributed by atoms with E-state index in [2.05, 4.69) is 71.4 Å². The molecule has 0 aromatic heterocycles. The van der Waals surface area contributed by atoms with Crippen molar-refractivity contribution in [1.29, 1.82) is 0 Å². The quantitative estimate of drug-likeness (QED) is 0.428. The van der Waals surface area contributed by atoms with Crippen LogP contribution in [0.1, 0.15) is 53.7 Å². The SMILES string of the molecule is CC1(C)CN(Cc2ccc3c(c2)CN(C2CCC(=O)NC2=O)C3=O)CCN1Cc1ccccc1-c1ccc(Cl)cc1. The molecule has 0 spiro atoms. The van der Waals surface area contributed by atoms with Gasteiger partial charge in [0.15, 0.2) is 0 Å². The van der Waals surface area contributed by atoms with E-state index in [1.807, 2.05) is 24.3 Å². The first-order valence-corrected chi connectivity index (χ1v) is 14.6. The second-order valence-electron chi connectivity index (χ2n) is 12.0. The molecule has 2 fully saturated rings. The van der Waals surface area contributed by atoms with Crippen LogP contribution < -0.4 is 5.32 Å². The predicted molar refractivity (Wildman–Crippen MR) is 159 cm³/mol. The van der Waals surface area contributed by atoms with Gasteiger partial charge in [-0.1, -0.05) is 60.1 Å². The minimum absolute atomic E-state index is 0.0272. The highest BCUT2D eigenvalue weighted by molar-refractivity contribution is 6.30. The first-order valence-electron chi connectivity index (χ1n) is 14.3. The molecule has 7 nitrogen and oxygen atoms in total. The van der Waals surface area contributed by atoms with E-state index >= 15 is 0 Å². The number of carbonyl (C=O) groups excluding carboxylic acids is 3. The van der Waals surface area contributed by atoms with Crippen molar-refractivity contribution in [1.82, 2.24) is 20.0 Å². The molecule has 3 aliphatic rings. The molecular formula is C33H35ClN4O3. The molecule has 6 rings (SSSR count). The summed E-state index contributed by atoms with van der Waals surface area (Å²) in [5.74, 6) is -0.778. The molecule has 0 radical (unpaired) electrons. The number of imide groups is 1. The van der Waals surface area contributed by atoms with Gasteiger partial charge in [-0.3, -0.25) is 29.5 Å². The van der Waals surface area contributed by atoms with Gasteiger partial charge in [0, 0.05) is 61.8 Å². The van der Waals surface area contributed by atoms with Crippen LogP contribution in [-0.4, -0.2) is 63.6 Å². The molecule has 3 amide bonds. The molecule has 3 heterocycles. The van der Waals surface area contributed by atoms with E-state index < -0.39 is 6.04 Å². The van der Waals surface area contributed by atoms with Crippen LogP contribution in [0.4, 0.5) is 0 Å². The number of benzene rings is 3. The number of hydrogen-bond donors (Lipinski definition) is 1. The Labute approximate surface area is 246 Å². The Morgan fingerprint density at radius 3 is 2.46 bits per heavy atom. The van der Waals surface area contributed by atoms with E-state index in [0.717, 1.165) is 43.3 Å².